The van der Waals surface area contributed by atoms with Crippen molar-refractivity contribution in [2.24, 2.45) is 0 Å². The molecular weight excluding hydrogens is 440 g/mol. The van der Waals surface area contributed by atoms with Crippen LogP contribution in [-0.2, 0) is 13.0 Å². The minimum atomic E-state index is -0.543. The zero-order chi connectivity index (χ0) is 23.1. The SMILES string of the molecule is COc1ccc(CCNC(=O)c2ccc(COc3ccc([N+](=O)[O-])cc3Cl)o2)cc1OC. The molecule has 0 saturated carbocycles. The monoisotopic (exact) mass is 460 g/mol. The zero-order valence-electron chi connectivity index (χ0n) is 17.4. The molecule has 0 bridgehead atoms. The van der Waals surface area contributed by atoms with Crippen LogP contribution in [-0.4, -0.2) is 31.6 Å². The number of carbonyl (C=O) groups is 1. The van der Waals surface area contributed by atoms with Gasteiger partial charge in [-0.2, -0.15) is 0 Å². The average Bonchev–Trinajstić information content (AvgIpc) is 3.27. The fourth-order valence-electron chi connectivity index (χ4n) is 2.89. The number of non-ortho nitro benzene ring substituents is 1. The maximum Gasteiger partial charge on any atom is 0.287 e. The van der Waals surface area contributed by atoms with Gasteiger partial charge in [-0.25, -0.2) is 0 Å². The highest BCUT2D eigenvalue weighted by Gasteiger charge is 2.14. The third kappa shape index (κ3) is 5.70. The van der Waals surface area contributed by atoms with Crippen LogP contribution in [0.2, 0.25) is 5.02 Å². The van der Waals surface area contributed by atoms with Crippen molar-refractivity contribution in [2.45, 2.75) is 13.0 Å². The summed E-state index contributed by atoms with van der Waals surface area (Å²) >= 11 is 6.00. The Bertz CT molecular complexity index is 1110. The van der Waals surface area contributed by atoms with E-state index in [0.717, 1.165) is 5.56 Å². The molecule has 0 atom stereocenters. The van der Waals surface area contributed by atoms with Crippen LogP contribution in [0.4, 0.5) is 5.69 Å². The van der Waals surface area contributed by atoms with E-state index in [9.17, 15) is 14.9 Å². The summed E-state index contributed by atoms with van der Waals surface area (Å²) in [5.41, 5.74) is 0.851. The van der Waals surface area contributed by atoms with E-state index < -0.39 is 4.92 Å². The van der Waals surface area contributed by atoms with E-state index in [-0.39, 0.29) is 34.7 Å². The topological polar surface area (TPSA) is 113 Å². The molecule has 0 aliphatic heterocycles. The van der Waals surface area contributed by atoms with Gasteiger partial charge in [0.05, 0.1) is 24.2 Å². The van der Waals surface area contributed by atoms with Crippen molar-refractivity contribution in [3.63, 3.8) is 0 Å². The number of furan rings is 1. The molecule has 9 nitrogen and oxygen atoms in total. The first kappa shape index (κ1) is 23.0. The molecule has 0 aliphatic rings. The molecule has 1 heterocycles. The summed E-state index contributed by atoms with van der Waals surface area (Å²) in [6.07, 6.45) is 0.599. The predicted molar refractivity (Wildman–Crippen MR) is 117 cm³/mol. The molecular formula is C22H21ClN2O7. The molecule has 1 N–H and O–H groups in total. The molecule has 32 heavy (non-hydrogen) atoms. The number of methoxy groups -OCH3 is 2. The van der Waals surface area contributed by atoms with Crippen molar-refractivity contribution < 1.29 is 28.3 Å². The number of ether oxygens (including phenoxy) is 3. The van der Waals surface area contributed by atoms with Gasteiger partial charge >= 0.3 is 0 Å². The Morgan fingerprint density at radius 2 is 1.81 bits per heavy atom. The van der Waals surface area contributed by atoms with Crippen LogP contribution in [0.15, 0.2) is 52.9 Å². The number of carbonyl (C=O) groups excluding carboxylic acids is 1. The number of rotatable bonds is 10. The maximum atomic E-state index is 12.3. The molecule has 3 aromatic rings. The number of hydrogen-bond donors (Lipinski definition) is 1. The van der Waals surface area contributed by atoms with Gasteiger partial charge in [-0.1, -0.05) is 17.7 Å². The highest BCUT2D eigenvalue weighted by molar-refractivity contribution is 6.32. The lowest BCUT2D eigenvalue weighted by molar-refractivity contribution is -0.384. The van der Waals surface area contributed by atoms with Gasteiger partial charge in [-0.15, -0.1) is 0 Å². The summed E-state index contributed by atoms with van der Waals surface area (Å²) in [7, 11) is 3.14. The van der Waals surface area contributed by atoms with Crippen LogP contribution in [0.1, 0.15) is 21.9 Å². The maximum absolute atomic E-state index is 12.3. The quantitative estimate of drug-likeness (QED) is 0.352. The second-order valence-electron chi connectivity index (χ2n) is 6.62. The van der Waals surface area contributed by atoms with Crippen molar-refractivity contribution in [2.75, 3.05) is 20.8 Å². The summed E-state index contributed by atoms with van der Waals surface area (Å²) < 4.78 is 21.5. The normalized spacial score (nSPS) is 10.5. The molecule has 0 unspecified atom stereocenters. The van der Waals surface area contributed by atoms with Crippen molar-refractivity contribution in [3.8, 4) is 17.2 Å². The highest BCUT2D eigenvalue weighted by atomic mass is 35.5. The third-order valence-corrected chi connectivity index (χ3v) is 4.82. The summed E-state index contributed by atoms with van der Waals surface area (Å²) in [5, 5.41) is 13.7. The number of halogens is 1. The van der Waals surface area contributed by atoms with E-state index in [4.69, 9.17) is 30.2 Å². The van der Waals surface area contributed by atoms with Gasteiger partial charge in [0.25, 0.3) is 11.6 Å². The van der Waals surface area contributed by atoms with Crippen LogP contribution in [0.5, 0.6) is 17.2 Å². The van der Waals surface area contributed by atoms with Crippen molar-refractivity contribution >= 4 is 23.2 Å². The second-order valence-corrected chi connectivity index (χ2v) is 7.03. The van der Waals surface area contributed by atoms with Crippen molar-refractivity contribution in [1.82, 2.24) is 5.32 Å². The number of nitro benzene ring substituents is 1. The number of benzene rings is 2. The van der Waals surface area contributed by atoms with Gasteiger partial charge in [0, 0.05) is 18.7 Å². The van der Waals surface area contributed by atoms with E-state index in [0.29, 0.717) is 30.2 Å². The summed E-state index contributed by atoms with van der Waals surface area (Å²) in [4.78, 5) is 22.5. The second kappa shape index (κ2) is 10.5. The Morgan fingerprint density at radius 1 is 1.06 bits per heavy atom. The Hall–Kier alpha value is -3.72. The van der Waals surface area contributed by atoms with E-state index >= 15 is 0 Å². The minimum absolute atomic E-state index is 0.0104. The first-order valence-corrected chi connectivity index (χ1v) is 9.93. The lowest BCUT2D eigenvalue weighted by atomic mass is 10.1. The molecule has 2 aromatic carbocycles. The van der Waals surface area contributed by atoms with E-state index in [1.807, 2.05) is 18.2 Å². The van der Waals surface area contributed by atoms with E-state index in [1.54, 1.807) is 26.4 Å². The standard InChI is InChI=1S/C22H21ClN2O7/c1-29-19-6-3-14(11-21(19)30-2)9-10-24-22(26)20-8-5-16(32-20)13-31-18-7-4-15(25(27)28)12-17(18)23/h3-8,11-12H,9-10,13H2,1-2H3,(H,24,26). The molecule has 0 aliphatic carbocycles. The molecule has 10 heteroatoms. The van der Waals surface area contributed by atoms with Crippen molar-refractivity contribution in [3.05, 3.63) is 80.8 Å². The Balaban J connectivity index is 1.51. The Labute approximate surface area is 189 Å². The summed E-state index contributed by atoms with van der Waals surface area (Å²) in [5.74, 6) is 1.73. The van der Waals surface area contributed by atoms with Crippen LogP contribution in [0.3, 0.4) is 0 Å². The van der Waals surface area contributed by atoms with Crippen LogP contribution >= 0.6 is 11.6 Å². The first-order valence-electron chi connectivity index (χ1n) is 9.56. The lowest BCUT2D eigenvalue weighted by Gasteiger charge is -2.10. The number of nitro groups is 1. The summed E-state index contributed by atoms with van der Waals surface area (Å²) in [6.45, 7) is 0.412. The predicted octanol–water partition coefficient (Wildman–Crippen LogP) is 4.41. The largest absolute Gasteiger partial charge is 0.493 e. The summed E-state index contributed by atoms with van der Waals surface area (Å²) in [6, 6.07) is 12.6. The molecule has 0 fully saturated rings. The van der Waals surface area contributed by atoms with Gasteiger partial charge < -0.3 is 23.9 Å². The van der Waals surface area contributed by atoms with Crippen LogP contribution in [0.25, 0.3) is 0 Å². The Morgan fingerprint density at radius 3 is 2.50 bits per heavy atom. The Kier molecular flexibility index (Phi) is 7.56. The van der Waals surface area contributed by atoms with Gasteiger partial charge in [0.2, 0.25) is 0 Å². The smallest absolute Gasteiger partial charge is 0.287 e. The minimum Gasteiger partial charge on any atom is -0.493 e. The van der Waals surface area contributed by atoms with Gasteiger partial charge in [0.1, 0.15) is 18.1 Å². The number of amides is 1. The number of nitrogens with one attached hydrogen (secondary N) is 1. The van der Waals surface area contributed by atoms with Gasteiger partial charge in [-0.05, 0) is 42.3 Å². The zero-order valence-corrected chi connectivity index (χ0v) is 18.2. The molecule has 1 amide bonds. The highest BCUT2D eigenvalue weighted by Crippen LogP contribution is 2.29. The van der Waals surface area contributed by atoms with E-state index in [1.165, 1.54) is 18.2 Å². The fourth-order valence-corrected chi connectivity index (χ4v) is 3.12. The third-order valence-electron chi connectivity index (χ3n) is 4.53. The van der Waals surface area contributed by atoms with Crippen molar-refractivity contribution in [1.29, 1.82) is 0 Å². The van der Waals surface area contributed by atoms with Crippen LogP contribution in [0, 0.1) is 10.1 Å². The molecule has 168 valence electrons. The molecule has 0 radical (unpaired) electrons. The van der Waals surface area contributed by atoms with Gasteiger partial charge in [0.15, 0.2) is 17.3 Å². The van der Waals surface area contributed by atoms with Gasteiger partial charge in [-0.3, -0.25) is 14.9 Å². The number of hydrogen-bond acceptors (Lipinski definition) is 7. The van der Waals surface area contributed by atoms with E-state index in [2.05, 4.69) is 5.32 Å². The first-order chi connectivity index (χ1) is 15.4. The fraction of sp³-hybridized carbons (Fsp3) is 0.227. The molecule has 3 rings (SSSR count). The number of nitrogens with zero attached hydrogens (tertiary/aromatic N) is 1. The molecule has 0 spiro atoms. The van der Waals surface area contributed by atoms with Crippen LogP contribution < -0.4 is 19.5 Å². The average molecular weight is 461 g/mol. The molecule has 1 aromatic heterocycles. The lowest BCUT2D eigenvalue weighted by Crippen LogP contribution is -2.25. The molecule has 0 saturated heterocycles.